The molecule has 0 saturated heterocycles. The van der Waals surface area contributed by atoms with Crippen LogP contribution in [0.1, 0.15) is 32.1 Å². The van der Waals surface area contributed by atoms with E-state index in [0.717, 1.165) is 18.8 Å². The number of aromatic nitrogens is 2. The summed E-state index contributed by atoms with van der Waals surface area (Å²) in [6.07, 6.45) is 4.82. The van der Waals surface area contributed by atoms with Crippen molar-refractivity contribution in [3.8, 4) is 0 Å². The molecule has 1 rings (SSSR count). The van der Waals surface area contributed by atoms with Crippen LogP contribution >= 0.6 is 0 Å². The van der Waals surface area contributed by atoms with E-state index >= 15 is 0 Å². The van der Waals surface area contributed by atoms with Crippen molar-refractivity contribution < 1.29 is 4.74 Å². The molecule has 2 atom stereocenters. The number of rotatable bonds is 5. The fourth-order valence-electron chi connectivity index (χ4n) is 1.40. The van der Waals surface area contributed by atoms with E-state index in [1.807, 2.05) is 13.1 Å². The molecular weight excluding hydrogens is 178 g/mol. The van der Waals surface area contributed by atoms with Crippen LogP contribution in [-0.2, 0) is 11.3 Å². The van der Waals surface area contributed by atoms with Gasteiger partial charge in [-0.15, -0.1) is 0 Å². The second kappa shape index (κ2) is 5.12. The summed E-state index contributed by atoms with van der Waals surface area (Å²) in [5, 5.41) is 0. The first-order valence-corrected chi connectivity index (χ1v) is 5.00. The number of nitrogens with two attached hydrogens (primary N) is 1. The fraction of sp³-hybridized carbons (Fsp3) is 0.700. The maximum Gasteiger partial charge on any atom is 0.128 e. The Kier molecular flexibility index (Phi) is 4.10. The largest absolute Gasteiger partial charge is 0.380 e. The van der Waals surface area contributed by atoms with Crippen molar-refractivity contribution in [1.29, 1.82) is 0 Å². The van der Waals surface area contributed by atoms with Gasteiger partial charge in [0.2, 0.25) is 0 Å². The highest BCUT2D eigenvalue weighted by Crippen LogP contribution is 2.14. The van der Waals surface area contributed by atoms with Gasteiger partial charge in [0.1, 0.15) is 5.82 Å². The van der Waals surface area contributed by atoms with Crippen LogP contribution in [0.4, 0.5) is 0 Å². The minimum Gasteiger partial charge on any atom is -0.380 e. The van der Waals surface area contributed by atoms with Crippen LogP contribution in [0.3, 0.4) is 0 Å². The summed E-state index contributed by atoms with van der Waals surface area (Å²) in [4.78, 5) is 4.26. The lowest BCUT2D eigenvalue weighted by molar-refractivity contribution is 0.0920. The molecule has 1 aromatic rings. The van der Waals surface area contributed by atoms with Gasteiger partial charge >= 0.3 is 0 Å². The highest BCUT2D eigenvalue weighted by atomic mass is 16.5. The molecule has 0 radical (unpaired) electrons. The first-order chi connectivity index (χ1) is 6.70. The first kappa shape index (κ1) is 11.2. The molecule has 0 amide bonds. The van der Waals surface area contributed by atoms with Crippen LogP contribution in [0.2, 0.25) is 0 Å². The number of hydrogen-bond acceptors (Lipinski definition) is 3. The van der Waals surface area contributed by atoms with Crippen LogP contribution in [0.25, 0.3) is 0 Å². The third kappa shape index (κ3) is 2.33. The minimum absolute atomic E-state index is 0.00648. The molecule has 0 saturated carbocycles. The van der Waals surface area contributed by atoms with Crippen molar-refractivity contribution >= 4 is 0 Å². The minimum atomic E-state index is -0.151. The lowest BCUT2D eigenvalue weighted by Crippen LogP contribution is -2.28. The van der Waals surface area contributed by atoms with Gasteiger partial charge in [0.25, 0.3) is 0 Å². The second-order valence-electron chi connectivity index (χ2n) is 3.45. The summed E-state index contributed by atoms with van der Waals surface area (Å²) in [5.41, 5.74) is 6.02. The molecule has 4 nitrogen and oxygen atoms in total. The molecule has 0 bridgehead atoms. The van der Waals surface area contributed by atoms with E-state index in [1.165, 1.54) is 0 Å². The lowest BCUT2D eigenvalue weighted by Gasteiger charge is -2.19. The van der Waals surface area contributed by atoms with Gasteiger partial charge in [-0.1, -0.05) is 6.92 Å². The Hall–Kier alpha value is -0.870. The second-order valence-corrected chi connectivity index (χ2v) is 3.45. The van der Waals surface area contributed by atoms with Gasteiger partial charge in [-0.2, -0.15) is 0 Å². The van der Waals surface area contributed by atoms with Gasteiger partial charge in [0.15, 0.2) is 0 Å². The number of ether oxygens (including phenoxy) is 1. The van der Waals surface area contributed by atoms with Gasteiger partial charge in [-0.3, -0.25) is 0 Å². The molecule has 0 aliphatic heterocycles. The molecule has 14 heavy (non-hydrogen) atoms. The summed E-state index contributed by atoms with van der Waals surface area (Å²) in [7, 11) is 1.66. The van der Waals surface area contributed by atoms with Crippen molar-refractivity contribution in [3.05, 3.63) is 18.2 Å². The summed E-state index contributed by atoms with van der Waals surface area (Å²) in [5.74, 6) is 0.904. The Morgan fingerprint density at radius 1 is 1.64 bits per heavy atom. The maximum atomic E-state index is 6.02. The fourth-order valence-corrected chi connectivity index (χ4v) is 1.40. The van der Waals surface area contributed by atoms with Crippen molar-refractivity contribution in [1.82, 2.24) is 9.55 Å². The van der Waals surface area contributed by atoms with Crippen LogP contribution in [0, 0.1) is 0 Å². The highest BCUT2D eigenvalue weighted by molar-refractivity contribution is 5.00. The lowest BCUT2D eigenvalue weighted by atomic mass is 10.2. The average molecular weight is 197 g/mol. The monoisotopic (exact) mass is 197 g/mol. The van der Waals surface area contributed by atoms with E-state index in [0.29, 0.717) is 0 Å². The van der Waals surface area contributed by atoms with Gasteiger partial charge in [-0.25, -0.2) is 4.98 Å². The van der Waals surface area contributed by atoms with Gasteiger partial charge in [-0.05, 0) is 13.3 Å². The van der Waals surface area contributed by atoms with Crippen molar-refractivity contribution in [3.63, 3.8) is 0 Å². The first-order valence-electron chi connectivity index (χ1n) is 5.00. The Bertz CT molecular complexity index is 272. The Labute approximate surface area is 85.1 Å². The summed E-state index contributed by atoms with van der Waals surface area (Å²) >= 11 is 0. The van der Waals surface area contributed by atoms with Crippen molar-refractivity contribution in [2.75, 3.05) is 7.11 Å². The van der Waals surface area contributed by atoms with Gasteiger partial charge in [0.05, 0.1) is 12.1 Å². The molecule has 1 aromatic heterocycles. The maximum absolute atomic E-state index is 6.02. The van der Waals surface area contributed by atoms with E-state index < -0.39 is 0 Å². The van der Waals surface area contributed by atoms with E-state index in [1.54, 1.807) is 13.3 Å². The molecular formula is C10H19N3O. The normalized spacial score (nSPS) is 15.4. The molecule has 0 spiro atoms. The molecule has 2 unspecified atom stereocenters. The number of imidazole rings is 1. The number of aryl methyl sites for hydroxylation is 1. The Morgan fingerprint density at radius 2 is 2.36 bits per heavy atom. The van der Waals surface area contributed by atoms with Crippen LogP contribution in [0.5, 0.6) is 0 Å². The van der Waals surface area contributed by atoms with Gasteiger partial charge in [0, 0.05) is 26.0 Å². The molecule has 80 valence electrons. The smallest absolute Gasteiger partial charge is 0.128 e. The van der Waals surface area contributed by atoms with Crippen LogP contribution in [0.15, 0.2) is 12.4 Å². The molecule has 0 fully saturated rings. The zero-order valence-corrected chi connectivity index (χ0v) is 9.10. The standard InChI is InChI=1S/C10H19N3O/c1-4-6-13-7-5-12-10(13)9(11)8(2)14-3/h5,7-9H,4,6,11H2,1-3H3. The van der Waals surface area contributed by atoms with Gasteiger partial charge < -0.3 is 15.0 Å². The quantitative estimate of drug-likeness (QED) is 0.774. The summed E-state index contributed by atoms with van der Waals surface area (Å²) in [6, 6.07) is -0.151. The zero-order chi connectivity index (χ0) is 10.6. The molecule has 0 aliphatic carbocycles. The van der Waals surface area contributed by atoms with Crippen LogP contribution in [-0.4, -0.2) is 22.8 Å². The predicted octanol–water partition coefficient (Wildman–Crippen LogP) is 1.33. The van der Waals surface area contributed by atoms with E-state index in [-0.39, 0.29) is 12.1 Å². The predicted molar refractivity (Wildman–Crippen MR) is 55.9 cm³/mol. The van der Waals surface area contributed by atoms with Crippen LogP contribution < -0.4 is 5.73 Å². The molecule has 0 aromatic carbocycles. The Morgan fingerprint density at radius 3 is 2.93 bits per heavy atom. The van der Waals surface area contributed by atoms with Crippen molar-refractivity contribution in [2.45, 2.75) is 39.0 Å². The average Bonchev–Trinajstić information content (AvgIpc) is 2.64. The summed E-state index contributed by atoms with van der Waals surface area (Å²) in [6.45, 7) is 5.05. The topological polar surface area (TPSA) is 53.1 Å². The van der Waals surface area contributed by atoms with Crippen molar-refractivity contribution in [2.24, 2.45) is 5.73 Å². The van der Waals surface area contributed by atoms with E-state index in [9.17, 15) is 0 Å². The molecule has 2 N–H and O–H groups in total. The SMILES string of the molecule is CCCn1ccnc1C(N)C(C)OC. The molecule has 0 aliphatic rings. The zero-order valence-electron chi connectivity index (χ0n) is 9.10. The number of nitrogens with zero attached hydrogens (tertiary/aromatic N) is 2. The van der Waals surface area contributed by atoms with E-state index in [4.69, 9.17) is 10.5 Å². The molecule has 4 heteroatoms. The number of hydrogen-bond donors (Lipinski definition) is 1. The third-order valence-electron chi connectivity index (χ3n) is 2.39. The highest BCUT2D eigenvalue weighted by Gasteiger charge is 2.18. The summed E-state index contributed by atoms with van der Waals surface area (Å²) < 4.78 is 7.27. The Balaban J connectivity index is 2.77. The van der Waals surface area contributed by atoms with E-state index in [2.05, 4.69) is 16.5 Å². The number of methoxy groups -OCH3 is 1. The third-order valence-corrected chi connectivity index (χ3v) is 2.39. The molecule has 1 heterocycles.